The lowest BCUT2D eigenvalue weighted by Gasteiger charge is -2.25. The first-order valence-corrected chi connectivity index (χ1v) is 9.33. The van der Waals surface area contributed by atoms with Gasteiger partial charge in [0.1, 0.15) is 18.0 Å². The summed E-state index contributed by atoms with van der Waals surface area (Å²) in [6.45, 7) is 2.59. The molecule has 150 valence electrons. The molecule has 2 atom stereocenters. The van der Waals surface area contributed by atoms with Crippen LogP contribution in [0.1, 0.15) is 5.56 Å². The Balaban J connectivity index is 1.32. The molecule has 0 amide bonds. The van der Waals surface area contributed by atoms with Gasteiger partial charge in [-0.2, -0.15) is 18.3 Å². The van der Waals surface area contributed by atoms with Gasteiger partial charge in [0.05, 0.1) is 5.56 Å². The number of anilines is 2. The molecule has 0 N–H and O–H groups in total. The van der Waals surface area contributed by atoms with E-state index in [-0.39, 0.29) is 17.7 Å². The van der Waals surface area contributed by atoms with Crippen LogP contribution in [0.15, 0.2) is 49.2 Å². The van der Waals surface area contributed by atoms with Crippen molar-refractivity contribution in [3.05, 3.63) is 54.7 Å². The number of fused-ring (bicyclic) bond motifs is 1. The van der Waals surface area contributed by atoms with Gasteiger partial charge >= 0.3 is 6.18 Å². The summed E-state index contributed by atoms with van der Waals surface area (Å²) in [5.41, 5.74) is -0.670. The van der Waals surface area contributed by atoms with Crippen molar-refractivity contribution in [2.24, 2.45) is 11.8 Å². The van der Waals surface area contributed by atoms with Crippen molar-refractivity contribution in [3.8, 4) is 5.82 Å². The predicted octanol–water partition coefficient (Wildman–Crippen LogP) is 2.65. The molecule has 0 bridgehead atoms. The first-order chi connectivity index (χ1) is 14.0. The molecular weight excluding hydrogens is 383 g/mol. The number of halogens is 3. The number of hydrogen-bond acceptors (Lipinski definition) is 6. The third-order valence-electron chi connectivity index (χ3n) is 5.58. The molecule has 0 aliphatic carbocycles. The highest BCUT2D eigenvalue weighted by Crippen LogP contribution is 2.40. The van der Waals surface area contributed by atoms with Gasteiger partial charge in [-0.15, -0.1) is 0 Å². The van der Waals surface area contributed by atoms with Crippen molar-refractivity contribution >= 4 is 11.6 Å². The molecule has 2 unspecified atom stereocenters. The van der Waals surface area contributed by atoms with Crippen molar-refractivity contribution in [2.75, 3.05) is 36.0 Å². The lowest BCUT2D eigenvalue weighted by atomic mass is 10.0. The molecule has 7 nitrogen and oxygen atoms in total. The maximum Gasteiger partial charge on any atom is 0.419 e. The first-order valence-electron chi connectivity index (χ1n) is 9.33. The Morgan fingerprint density at radius 1 is 0.862 bits per heavy atom. The van der Waals surface area contributed by atoms with E-state index in [1.165, 1.54) is 18.6 Å². The molecule has 3 aromatic rings. The van der Waals surface area contributed by atoms with Crippen LogP contribution in [0.5, 0.6) is 0 Å². The molecule has 10 heteroatoms. The van der Waals surface area contributed by atoms with Gasteiger partial charge in [-0.25, -0.2) is 19.6 Å². The summed E-state index contributed by atoms with van der Waals surface area (Å²) in [6, 6.07) is 6.13. The first kappa shape index (κ1) is 17.9. The van der Waals surface area contributed by atoms with E-state index >= 15 is 0 Å². The summed E-state index contributed by atoms with van der Waals surface area (Å²) in [5.74, 6) is 2.05. The normalized spacial score (nSPS) is 21.6. The van der Waals surface area contributed by atoms with Gasteiger partial charge < -0.3 is 9.80 Å². The molecule has 0 spiro atoms. The highest BCUT2D eigenvalue weighted by Gasteiger charge is 2.43. The molecule has 29 heavy (non-hydrogen) atoms. The molecule has 0 aromatic carbocycles. The second-order valence-corrected chi connectivity index (χ2v) is 7.39. The Labute approximate surface area is 164 Å². The van der Waals surface area contributed by atoms with Gasteiger partial charge in [-0.3, -0.25) is 0 Å². The van der Waals surface area contributed by atoms with Gasteiger partial charge in [-0.05, 0) is 18.2 Å². The Hall–Kier alpha value is -3.17. The summed E-state index contributed by atoms with van der Waals surface area (Å²) >= 11 is 0. The van der Waals surface area contributed by atoms with Gasteiger partial charge in [0.2, 0.25) is 0 Å². The smallest absolute Gasteiger partial charge is 0.356 e. The maximum absolute atomic E-state index is 13.3. The second kappa shape index (κ2) is 6.71. The minimum Gasteiger partial charge on any atom is -0.356 e. The number of alkyl halides is 3. The Kier molecular flexibility index (Phi) is 4.14. The van der Waals surface area contributed by atoms with Crippen LogP contribution in [0, 0.1) is 11.8 Å². The molecule has 2 saturated heterocycles. The molecular formula is C19H18F3N7. The van der Waals surface area contributed by atoms with Gasteiger partial charge in [0.25, 0.3) is 0 Å². The largest absolute Gasteiger partial charge is 0.419 e. The fraction of sp³-hybridized carbons (Fsp3) is 0.368. The van der Waals surface area contributed by atoms with Crippen LogP contribution in [-0.4, -0.2) is 50.9 Å². The molecule has 5 rings (SSSR count). The van der Waals surface area contributed by atoms with E-state index in [0.29, 0.717) is 18.9 Å². The fourth-order valence-corrected chi connectivity index (χ4v) is 4.26. The topological polar surface area (TPSA) is 63.0 Å². The maximum atomic E-state index is 13.3. The Morgan fingerprint density at radius 3 is 2.28 bits per heavy atom. The van der Waals surface area contributed by atoms with E-state index in [9.17, 15) is 13.2 Å². The van der Waals surface area contributed by atoms with Crippen LogP contribution in [0.25, 0.3) is 5.82 Å². The molecule has 5 heterocycles. The van der Waals surface area contributed by atoms with Gasteiger partial charge in [0.15, 0.2) is 5.82 Å². The van der Waals surface area contributed by atoms with E-state index < -0.39 is 11.7 Å². The Bertz CT molecular complexity index is 991. The van der Waals surface area contributed by atoms with Crippen LogP contribution < -0.4 is 9.80 Å². The minimum atomic E-state index is -4.41. The quantitative estimate of drug-likeness (QED) is 0.673. The number of hydrogen-bond donors (Lipinski definition) is 0. The lowest BCUT2D eigenvalue weighted by molar-refractivity contribution is -0.137. The highest BCUT2D eigenvalue weighted by molar-refractivity contribution is 5.51. The number of aromatic nitrogens is 5. The molecule has 2 fully saturated rings. The third-order valence-corrected chi connectivity index (χ3v) is 5.58. The summed E-state index contributed by atoms with van der Waals surface area (Å²) in [5, 5.41) is 4.19. The lowest BCUT2D eigenvalue weighted by Crippen LogP contribution is -2.31. The standard InChI is InChI=1S/C19H18F3N7/c20-19(21,22)15-3-1-4-23-18(15)28-10-13-8-27(9-14(13)11-28)16-7-17(25-12-24-16)29-6-2-5-26-29/h1-7,12-14H,8-11H2. The molecule has 3 aromatic heterocycles. The molecule has 0 saturated carbocycles. The van der Waals surface area contributed by atoms with Crippen LogP contribution >= 0.6 is 0 Å². The Morgan fingerprint density at radius 2 is 1.59 bits per heavy atom. The highest BCUT2D eigenvalue weighted by atomic mass is 19.4. The summed E-state index contributed by atoms with van der Waals surface area (Å²) in [6.07, 6.45) is 2.02. The van der Waals surface area contributed by atoms with Crippen molar-refractivity contribution in [1.82, 2.24) is 24.7 Å². The molecule has 0 radical (unpaired) electrons. The monoisotopic (exact) mass is 401 g/mol. The molecule has 2 aliphatic rings. The summed E-state index contributed by atoms with van der Waals surface area (Å²) in [7, 11) is 0. The van der Waals surface area contributed by atoms with Gasteiger partial charge in [0, 0.05) is 62.7 Å². The van der Waals surface area contributed by atoms with E-state index in [1.54, 1.807) is 15.8 Å². The van der Waals surface area contributed by atoms with E-state index in [0.717, 1.165) is 25.0 Å². The summed E-state index contributed by atoms with van der Waals surface area (Å²) < 4.78 is 41.7. The average molecular weight is 401 g/mol. The van der Waals surface area contributed by atoms with Gasteiger partial charge in [-0.1, -0.05) is 0 Å². The minimum absolute atomic E-state index is 0.0314. The average Bonchev–Trinajstić information content (AvgIpc) is 3.44. The van der Waals surface area contributed by atoms with Crippen LogP contribution in [0.3, 0.4) is 0 Å². The number of pyridine rings is 1. The van der Waals surface area contributed by atoms with E-state index in [2.05, 4.69) is 25.0 Å². The van der Waals surface area contributed by atoms with Crippen LogP contribution in [-0.2, 0) is 6.18 Å². The predicted molar refractivity (Wildman–Crippen MR) is 99.8 cm³/mol. The third kappa shape index (κ3) is 3.28. The second-order valence-electron chi connectivity index (χ2n) is 7.39. The summed E-state index contributed by atoms with van der Waals surface area (Å²) in [4.78, 5) is 16.6. The van der Waals surface area contributed by atoms with E-state index in [1.807, 2.05) is 18.3 Å². The number of nitrogens with zero attached hydrogens (tertiary/aromatic N) is 7. The van der Waals surface area contributed by atoms with Crippen molar-refractivity contribution in [2.45, 2.75) is 6.18 Å². The van der Waals surface area contributed by atoms with E-state index in [4.69, 9.17) is 0 Å². The molecule has 2 aliphatic heterocycles. The van der Waals surface area contributed by atoms with Crippen molar-refractivity contribution in [1.29, 1.82) is 0 Å². The van der Waals surface area contributed by atoms with Crippen molar-refractivity contribution in [3.63, 3.8) is 0 Å². The number of rotatable bonds is 3. The van der Waals surface area contributed by atoms with Crippen LogP contribution in [0.4, 0.5) is 24.8 Å². The van der Waals surface area contributed by atoms with Crippen LogP contribution in [0.2, 0.25) is 0 Å². The van der Waals surface area contributed by atoms with Crippen molar-refractivity contribution < 1.29 is 13.2 Å². The zero-order valence-corrected chi connectivity index (χ0v) is 15.4. The zero-order chi connectivity index (χ0) is 20.0. The zero-order valence-electron chi connectivity index (χ0n) is 15.4. The SMILES string of the molecule is FC(F)(F)c1cccnc1N1CC2CN(c3cc(-n4cccn4)ncn3)CC2C1. The fourth-order valence-electron chi connectivity index (χ4n) is 4.26.